The number of unbranched alkanes of at least 4 members (excludes halogenated alkanes) is 2. The van der Waals surface area contributed by atoms with E-state index in [2.05, 4.69) is 6.92 Å². The fourth-order valence-electron chi connectivity index (χ4n) is 4.66. The Balaban J connectivity index is 1.51. The molecule has 0 bridgehead atoms. The molecular weight excluding hydrogens is 385 g/mol. The minimum Gasteiger partial charge on any atom is -0.494 e. The molecule has 0 heterocycles. The van der Waals surface area contributed by atoms with Crippen molar-refractivity contribution in [3.8, 4) is 5.75 Å². The molecule has 0 spiro atoms. The van der Waals surface area contributed by atoms with Gasteiger partial charge in [0.05, 0.1) is 7.11 Å². The highest BCUT2D eigenvalue weighted by Gasteiger charge is 2.24. The average molecular weight is 419 g/mol. The molecule has 2 aromatic rings. The molecule has 0 atom stereocenters. The van der Waals surface area contributed by atoms with Gasteiger partial charge in [-0.2, -0.15) is 0 Å². The molecule has 0 amide bonds. The highest BCUT2D eigenvalue weighted by molar-refractivity contribution is 5.31. The molecule has 0 N–H and O–H groups in total. The highest BCUT2D eigenvalue weighted by Crippen LogP contribution is 2.38. The number of hydrogen-bond donors (Lipinski definition) is 0. The number of methoxy groups -OCH3 is 1. The SMILES string of the molecule is CCCCCc1ccc(CCC2CCC(c3ccc(OC)c(F)c3)CC2)c(F)c1F. The summed E-state index contributed by atoms with van der Waals surface area (Å²) in [7, 11) is 1.47. The van der Waals surface area contributed by atoms with Crippen LogP contribution in [0.15, 0.2) is 30.3 Å². The van der Waals surface area contributed by atoms with Gasteiger partial charge in [-0.05, 0) is 92.0 Å². The standard InChI is InChI=1S/C26H33F3O/c1-3-4-5-6-20-13-14-21(26(29)25(20)28)12-9-18-7-10-19(11-8-18)22-15-16-24(30-2)23(27)17-22/h13-19H,3-12H2,1-2H3. The second-order valence-electron chi connectivity index (χ2n) is 8.62. The fourth-order valence-corrected chi connectivity index (χ4v) is 4.66. The average Bonchev–Trinajstić information content (AvgIpc) is 2.76. The van der Waals surface area contributed by atoms with Crippen LogP contribution >= 0.6 is 0 Å². The predicted molar refractivity (Wildman–Crippen MR) is 116 cm³/mol. The van der Waals surface area contributed by atoms with Gasteiger partial charge in [0, 0.05) is 0 Å². The van der Waals surface area contributed by atoms with E-state index in [4.69, 9.17) is 4.74 Å². The van der Waals surface area contributed by atoms with Gasteiger partial charge >= 0.3 is 0 Å². The summed E-state index contributed by atoms with van der Waals surface area (Å²) in [5.41, 5.74) is 2.02. The predicted octanol–water partition coefficient (Wildman–Crippen LogP) is 7.75. The highest BCUT2D eigenvalue weighted by atomic mass is 19.2. The van der Waals surface area contributed by atoms with E-state index in [1.165, 1.54) is 7.11 Å². The summed E-state index contributed by atoms with van der Waals surface area (Å²) in [6, 6.07) is 8.77. The van der Waals surface area contributed by atoms with Crippen LogP contribution in [0.2, 0.25) is 0 Å². The van der Waals surface area contributed by atoms with Gasteiger partial charge in [-0.15, -0.1) is 0 Å². The van der Waals surface area contributed by atoms with Gasteiger partial charge in [-0.1, -0.05) is 38.0 Å². The third kappa shape index (κ3) is 5.59. The monoisotopic (exact) mass is 418 g/mol. The third-order valence-electron chi connectivity index (χ3n) is 6.61. The van der Waals surface area contributed by atoms with Crippen LogP contribution in [0.25, 0.3) is 0 Å². The van der Waals surface area contributed by atoms with Crippen LogP contribution in [0, 0.1) is 23.4 Å². The molecule has 1 aliphatic rings. The molecular formula is C26H33F3O. The van der Waals surface area contributed by atoms with Gasteiger partial charge < -0.3 is 4.74 Å². The summed E-state index contributed by atoms with van der Waals surface area (Å²) < 4.78 is 47.8. The van der Waals surface area contributed by atoms with Crippen LogP contribution in [0.4, 0.5) is 13.2 Å². The topological polar surface area (TPSA) is 9.23 Å². The van der Waals surface area contributed by atoms with Crippen molar-refractivity contribution in [3.05, 3.63) is 64.5 Å². The Morgan fingerprint density at radius 3 is 2.13 bits per heavy atom. The van der Waals surface area contributed by atoms with E-state index >= 15 is 0 Å². The molecule has 0 radical (unpaired) electrons. The zero-order chi connectivity index (χ0) is 21.5. The molecule has 4 heteroatoms. The van der Waals surface area contributed by atoms with E-state index in [1.54, 1.807) is 24.3 Å². The van der Waals surface area contributed by atoms with Gasteiger partial charge in [-0.25, -0.2) is 13.2 Å². The molecule has 1 saturated carbocycles. The van der Waals surface area contributed by atoms with Crippen molar-refractivity contribution in [1.29, 1.82) is 0 Å². The molecule has 1 fully saturated rings. The number of rotatable bonds is 9. The Kier molecular flexibility index (Phi) is 8.24. The molecule has 0 aliphatic heterocycles. The zero-order valence-electron chi connectivity index (χ0n) is 18.2. The molecule has 1 nitrogen and oxygen atoms in total. The maximum absolute atomic E-state index is 14.5. The Morgan fingerprint density at radius 2 is 1.53 bits per heavy atom. The minimum absolute atomic E-state index is 0.276. The second-order valence-corrected chi connectivity index (χ2v) is 8.62. The summed E-state index contributed by atoms with van der Waals surface area (Å²) >= 11 is 0. The molecule has 3 rings (SSSR count). The molecule has 2 aromatic carbocycles. The summed E-state index contributed by atoms with van der Waals surface area (Å²) in [6.45, 7) is 2.10. The molecule has 0 unspecified atom stereocenters. The van der Waals surface area contributed by atoms with E-state index < -0.39 is 11.6 Å². The summed E-state index contributed by atoms with van der Waals surface area (Å²) in [4.78, 5) is 0. The van der Waals surface area contributed by atoms with Crippen LogP contribution in [-0.4, -0.2) is 7.11 Å². The van der Waals surface area contributed by atoms with Crippen molar-refractivity contribution in [1.82, 2.24) is 0 Å². The van der Waals surface area contributed by atoms with Crippen molar-refractivity contribution < 1.29 is 17.9 Å². The maximum atomic E-state index is 14.5. The van der Waals surface area contributed by atoms with Gasteiger partial charge in [-0.3, -0.25) is 0 Å². The number of halogens is 3. The van der Waals surface area contributed by atoms with Crippen LogP contribution in [0.5, 0.6) is 5.75 Å². The quantitative estimate of drug-likeness (QED) is 0.378. The van der Waals surface area contributed by atoms with E-state index in [1.807, 2.05) is 6.07 Å². The Labute approximate surface area is 178 Å². The Bertz CT molecular complexity index is 825. The molecule has 30 heavy (non-hydrogen) atoms. The Morgan fingerprint density at radius 1 is 0.867 bits per heavy atom. The van der Waals surface area contributed by atoms with Crippen molar-refractivity contribution >= 4 is 0 Å². The number of benzene rings is 2. The third-order valence-corrected chi connectivity index (χ3v) is 6.61. The first kappa shape index (κ1) is 22.7. The van der Waals surface area contributed by atoms with Crippen molar-refractivity contribution in [2.24, 2.45) is 5.92 Å². The first-order valence-electron chi connectivity index (χ1n) is 11.3. The van der Waals surface area contributed by atoms with Gasteiger partial charge in [0.1, 0.15) is 0 Å². The van der Waals surface area contributed by atoms with E-state index in [-0.39, 0.29) is 11.6 Å². The zero-order valence-corrected chi connectivity index (χ0v) is 18.2. The fraction of sp³-hybridized carbons (Fsp3) is 0.538. The lowest BCUT2D eigenvalue weighted by atomic mass is 9.77. The molecule has 164 valence electrons. The summed E-state index contributed by atoms with van der Waals surface area (Å²) in [5.74, 6) is -0.486. The van der Waals surface area contributed by atoms with Gasteiger partial charge in [0.2, 0.25) is 0 Å². The first-order valence-corrected chi connectivity index (χ1v) is 11.3. The number of aryl methyl sites for hydroxylation is 2. The van der Waals surface area contributed by atoms with E-state index in [9.17, 15) is 13.2 Å². The second kappa shape index (κ2) is 10.9. The smallest absolute Gasteiger partial charge is 0.165 e. The van der Waals surface area contributed by atoms with E-state index in [0.717, 1.165) is 56.9 Å². The normalized spacial score (nSPS) is 19.1. The summed E-state index contributed by atoms with van der Waals surface area (Å²) in [6.07, 6.45) is 9.13. The van der Waals surface area contributed by atoms with Crippen LogP contribution in [0.1, 0.15) is 80.9 Å². The summed E-state index contributed by atoms with van der Waals surface area (Å²) in [5, 5.41) is 0. The largest absolute Gasteiger partial charge is 0.494 e. The van der Waals surface area contributed by atoms with Gasteiger partial charge in [0.25, 0.3) is 0 Å². The van der Waals surface area contributed by atoms with E-state index in [0.29, 0.717) is 35.8 Å². The number of hydrogen-bond acceptors (Lipinski definition) is 1. The lowest BCUT2D eigenvalue weighted by Crippen LogP contribution is -2.14. The van der Waals surface area contributed by atoms with Gasteiger partial charge in [0.15, 0.2) is 23.2 Å². The molecule has 1 aliphatic carbocycles. The van der Waals surface area contributed by atoms with Crippen LogP contribution in [-0.2, 0) is 12.8 Å². The van der Waals surface area contributed by atoms with Crippen molar-refractivity contribution in [3.63, 3.8) is 0 Å². The number of ether oxygens (including phenoxy) is 1. The maximum Gasteiger partial charge on any atom is 0.165 e. The lowest BCUT2D eigenvalue weighted by Gasteiger charge is -2.29. The molecule has 0 aromatic heterocycles. The minimum atomic E-state index is -0.661. The molecule has 0 saturated heterocycles. The first-order chi connectivity index (χ1) is 14.5. The lowest BCUT2D eigenvalue weighted by molar-refractivity contribution is 0.308. The van der Waals surface area contributed by atoms with Crippen molar-refractivity contribution in [2.75, 3.05) is 7.11 Å². The van der Waals surface area contributed by atoms with Crippen molar-refractivity contribution in [2.45, 2.75) is 77.0 Å². The van der Waals surface area contributed by atoms with Crippen LogP contribution < -0.4 is 4.74 Å². The van der Waals surface area contributed by atoms with Crippen LogP contribution in [0.3, 0.4) is 0 Å². The Hall–Kier alpha value is -1.97.